The number of carbonyl (C=O) groups is 2. The number of fused-ring (bicyclic) bond motifs is 1. The highest BCUT2D eigenvalue weighted by molar-refractivity contribution is 5.89. The number of aryl methyl sites for hydroxylation is 1. The summed E-state index contributed by atoms with van der Waals surface area (Å²) in [5.41, 5.74) is 3.48. The molecule has 34 heavy (non-hydrogen) atoms. The molecule has 8 heteroatoms. The summed E-state index contributed by atoms with van der Waals surface area (Å²) in [6.07, 6.45) is 5.10. The summed E-state index contributed by atoms with van der Waals surface area (Å²) in [4.78, 5) is 28.9. The van der Waals surface area contributed by atoms with E-state index in [2.05, 4.69) is 22.6 Å². The summed E-state index contributed by atoms with van der Waals surface area (Å²) in [5.74, 6) is -0.358. The lowest BCUT2D eigenvalue weighted by Gasteiger charge is -2.32. The lowest BCUT2D eigenvalue weighted by Crippen LogP contribution is -2.48. The smallest absolute Gasteiger partial charge is 0.247 e. The second kappa shape index (κ2) is 11.2. The maximum atomic E-state index is 13.6. The molecule has 8 nitrogen and oxygen atoms in total. The maximum Gasteiger partial charge on any atom is 0.247 e. The third-order valence-electron chi connectivity index (χ3n) is 6.53. The first-order valence-corrected chi connectivity index (χ1v) is 12.1. The van der Waals surface area contributed by atoms with E-state index in [0.717, 1.165) is 48.7 Å². The Balaban J connectivity index is 1.65. The van der Waals surface area contributed by atoms with Gasteiger partial charge in [-0.3, -0.25) is 9.59 Å². The van der Waals surface area contributed by atoms with Crippen molar-refractivity contribution in [3.63, 3.8) is 0 Å². The highest BCUT2D eigenvalue weighted by Crippen LogP contribution is 2.25. The molecule has 2 amide bonds. The molecule has 2 aromatic carbocycles. The zero-order valence-electron chi connectivity index (χ0n) is 19.9. The molecule has 1 N–H and O–H groups in total. The Hall–Kier alpha value is -3.26. The standard InChI is InChI=1S/C26H33N5O3/c1-3-19-12-14-20(15-13-19)25(26(33)27-21-8-4-5-9-21)30(16-17-34-2)24(32)18-31-23-11-7-6-10-22(23)28-29-31/h6-7,10-15,21,25H,3-5,8-9,16-18H2,1-2H3,(H,27,33). The van der Waals surface area contributed by atoms with E-state index in [1.54, 1.807) is 16.7 Å². The van der Waals surface area contributed by atoms with Crippen LogP contribution in [0.25, 0.3) is 11.0 Å². The minimum Gasteiger partial charge on any atom is -0.383 e. The van der Waals surface area contributed by atoms with Crippen molar-refractivity contribution in [3.8, 4) is 0 Å². The fourth-order valence-electron chi connectivity index (χ4n) is 4.60. The molecule has 0 radical (unpaired) electrons. The van der Waals surface area contributed by atoms with Crippen molar-refractivity contribution in [2.45, 2.75) is 57.7 Å². The Morgan fingerprint density at radius 2 is 1.88 bits per heavy atom. The van der Waals surface area contributed by atoms with Gasteiger partial charge in [-0.15, -0.1) is 5.10 Å². The Morgan fingerprint density at radius 1 is 1.15 bits per heavy atom. The number of hydrogen-bond donors (Lipinski definition) is 1. The molecule has 1 heterocycles. The van der Waals surface area contributed by atoms with Crippen LogP contribution >= 0.6 is 0 Å². The predicted octanol–water partition coefficient (Wildman–Crippen LogP) is 3.27. The van der Waals surface area contributed by atoms with Crippen molar-refractivity contribution < 1.29 is 14.3 Å². The van der Waals surface area contributed by atoms with E-state index in [9.17, 15) is 9.59 Å². The Labute approximate surface area is 200 Å². The number of nitrogens with zero attached hydrogens (tertiary/aromatic N) is 4. The first kappa shape index (κ1) is 23.9. The van der Waals surface area contributed by atoms with Crippen molar-refractivity contribution in [1.82, 2.24) is 25.2 Å². The summed E-state index contributed by atoms with van der Waals surface area (Å²) in [6.45, 7) is 2.70. The Kier molecular flexibility index (Phi) is 7.90. The molecular formula is C26H33N5O3. The average Bonchev–Trinajstić information content (AvgIpc) is 3.52. The Bertz CT molecular complexity index is 1110. The molecule has 0 aliphatic heterocycles. The average molecular weight is 464 g/mol. The number of nitrogens with one attached hydrogen (secondary N) is 1. The number of carbonyl (C=O) groups excluding carboxylic acids is 2. The molecule has 1 atom stereocenters. The van der Waals surface area contributed by atoms with Crippen molar-refractivity contribution >= 4 is 22.8 Å². The second-order valence-corrected chi connectivity index (χ2v) is 8.80. The number of ether oxygens (including phenoxy) is 1. The number of amides is 2. The molecule has 1 saturated carbocycles. The minimum atomic E-state index is -0.746. The largest absolute Gasteiger partial charge is 0.383 e. The van der Waals surface area contributed by atoms with Gasteiger partial charge in [-0.25, -0.2) is 4.68 Å². The van der Waals surface area contributed by atoms with Crippen LogP contribution in [-0.2, 0) is 27.3 Å². The van der Waals surface area contributed by atoms with E-state index < -0.39 is 6.04 Å². The highest BCUT2D eigenvalue weighted by Gasteiger charge is 2.33. The topological polar surface area (TPSA) is 89.4 Å². The lowest BCUT2D eigenvalue weighted by molar-refractivity contribution is -0.142. The van der Waals surface area contributed by atoms with Gasteiger partial charge in [-0.1, -0.05) is 61.4 Å². The van der Waals surface area contributed by atoms with Crippen LogP contribution in [0.3, 0.4) is 0 Å². The van der Waals surface area contributed by atoms with Crippen molar-refractivity contribution in [2.24, 2.45) is 0 Å². The van der Waals surface area contributed by atoms with Crippen LogP contribution in [0.4, 0.5) is 0 Å². The zero-order valence-corrected chi connectivity index (χ0v) is 19.9. The molecule has 1 fully saturated rings. The van der Waals surface area contributed by atoms with Gasteiger partial charge in [-0.2, -0.15) is 0 Å². The van der Waals surface area contributed by atoms with Gasteiger partial charge in [0.2, 0.25) is 11.8 Å². The molecule has 0 bridgehead atoms. The normalized spacial score (nSPS) is 14.9. The van der Waals surface area contributed by atoms with Gasteiger partial charge in [0.05, 0.1) is 12.1 Å². The predicted molar refractivity (Wildman–Crippen MR) is 130 cm³/mol. The van der Waals surface area contributed by atoms with E-state index in [1.165, 1.54) is 5.56 Å². The molecule has 1 aliphatic rings. The van der Waals surface area contributed by atoms with E-state index in [4.69, 9.17) is 4.74 Å². The van der Waals surface area contributed by atoms with Gasteiger partial charge in [0.15, 0.2) is 0 Å². The van der Waals surface area contributed by atoms with Gasteiger partial charge in [0, 0.05) is 19.7 Å². The van der Waals surface area contributed by atoms with Crippen LogP contribution in [0.1, 0.15) is 49.8 Å². The van der Waals surface area contributed by atoms with Gasteiger partial charge in [0.25, 0.3) is 0 Å². The fraction of sp³-hybridized carbons (Fsp3) is 0.462. The van der Waals surface area contributed by atoms with Gasteiger partial charge in [-0.05, 0) is 42.5 Å². The number of aromatic nitrogens is 3. The molecule has 1 aliphatic carbocycles. The summed E-state index contributed by atoms with van der Waals surface area (Å²) in [7, 11) is 1.59. The third-order valence-corrected chi connectivity index (χ3v) is 6.53. The van der Waals surface area contributed by atoms with Gasteiger partial charge < -0.3 is 15.0 Å². The van der Waals surface area contributed by atoms with Crippen LogP contribution < -0.4 is 5.32 Å². The van der Waals surface area contributed by atoms with Crippen molar-refractivity contribution in [1.29, 1.82) is 0 Å². The molecule has 1 aromatic heterocycles. The van der Waals surface area contributed by atoms with Crippen LogP contribution in [0.15, 0.2) is 48.5 Å². The van der Waals surface area contributed by atoms with Crippen molar-refractivity contribution in [3.05, 3.63) is 59.7 Å². The fourth-order valence-corrected chi connectivity index (χ4v) is 4.60. The summed E-state index contributed by atoms with van der Waals surface area (Å²) in [6, 6.07) is 14.9. The van der Waals surface area contributed by atoms with Crippen LogP contribution in [-0.4, -0.2) is 58.0 Å². The first-order chi connectivity index (χ1) is 16.6. The van der Waals surface area contributed by atoms with Crippen molar-refractivity contribution in [2.75, 3.05) is 20.3 Å². The van der Waals surface area contributed by atoms with E-state index >= 15 is 0 Å². The van der Waals surface area contributed by atoms with E-state index in [0.29, 0.717) is 13.2 Å². The second-order valence-electron chi connectivity index (χ2n) is 8.80. The number of methoxy groups -OCH3 is 1. The Morgan fingerprint density at radius 3 is 2.59 bits per heavy atom. The first-order valence-electron chi connectivity index (χ1n) is 12.1. The SMILES string of the molecule is CCc1ccc(C(C(=O)NC2CCCC2)N(CCOC)C(=O)Cn2nnc3ccccc32)cc1. The zero-order chi connectivity index (χ0) is 23.9. The number of rotatable bonds is 10. The summed E-state index contributed by atoms with van der Waals surface area (Å²) >= 11 is 0. The number of para-hydroxylation sites is 1. The summed E-state index contributed by atoms with van der Waals surface area (Å²) in [5, 5.41) is 11.5. The molecule has 1 unspecified atom stereocenters. The van der Waals surface area contributed by atoms with Gasteiger partial charge in [0.1, 0.15) is 18.1 Å². The van der Waals surface area contributed by atoms with Crippen LogP contribution in [0.2, 0.25) is 0 Å². The molecule has 180 valence electrons. The monoisotopic (exact) mass is 463 g/mol. The van der Waals surface area contributed by atoms with Crippen LogP contribution in [0, 0.1) is 0 Å². The molecule has 3 aromatic rings. The lowest BCUT2D eigenvalue weighted by atomic mass is 10.0. The van der Waals surface area contributed by atoms with Gasteiger partial charge >= 0.3 is 0 Å². The third kappa shape index (κ3) is 5.44. The quantitative estimate of drug-likeness (QED) is 0.499. The van der Waals surface area contributed by atoms with Crippen LogP contribution in [0.5, 0.6) is 0 Å². The molecule has 0 spiro atoms. The van der Waals surface area contributed by atoms with E-state index in [1.807, 2.05) is 48.5 Å². The number of benzene rings is 2. The molecule has 0 saturated heterocycles. The summed E-state index contributed by atoms with van der Waals surface area (Å²) < 4.78 is 6.89. The minimum absolute atomic E-state index is 0.00944. The molecular weight excluding hydrogens is 430 g/mol. The number of hydrogen-bond acceptors (Lipinski definition) is 5. The van der Waals surface area contributed by atoms with E-state index in [-0.39, 0.29) is 24.4 Å². The molecule has 4 rings (SSSR count). The maximum absolute atomic E-state index is 13.6. The highest BCUT2D eigenvalue weighted by atomic mass is 16.5.